The summed E-state index contributed by atoms with van der Waals surface area (Å²) in [5.74, 6) is 0.989. The van der Waals surface area contributed by atoms with Gasteiger partial charge in [0.2, 0.25) is 5.88 Å². The summed E-state index contributed by atoms with van der Waals surface area (Å²) in [6.45, 7) is 0.935. The van der Waals surface area contributed by atoms with Gasteiger partial charge in [0.15, 0.2) is 5.69 Å². The number of carbonyl (C=O) groups is 1. The number of hydrogen-bond donors (Lipinski definition) is 2. The number of nitrogens with zero attached hydrogens (tertiary/aromatic N) is 2. The molecule has 0 radical (unpaired) electrons. The molecule has 0 saturated carbocycles. The molecule has 3 N–H and O–H groups in total. The van der Waals surface area contributed by atoms with Crippen LogP contribution in [0.4, 0.5) is 10.5 Å². The minimum absolute atomic E-state index is 0.0681. The number of aromatic nitrogens is 1. The standard InChI is InChI=1S/C15H14IN3O4/c16-10-1-6-14(17-7-10)22-13-8-19(9-13)15(20)23-12-4-2-11(18-21)3-5-12/h1-7,13,18,21H,8-9H2/p+1. The van der Waals surface area contributed by atoms with E-state index in [0.717, 1.165) is 9.05 Å². The lowest BCUT2D eigenvalue weighted by Crippen LogP contribution is -2.73. The van der Waals surface area contributed by atoms with Crippen LogP contribution in [0.1, 0.15) is 0 Å². The SMILES string of the molecule is O=C(Oc1ccc([NH2+]O)cc1)N1CC(Oc2ccc(I)cn2)C1. The first-order valence-electron chi connectivity index (χ1n) is 6.96. The third kappa shape index (κ3) is 4.09. The highest BCUT2D eigenvalue weighted by Crippen LogP contribution is 2.19. The van der Waals surface area contributed by atoms with Crippen LogP contribution in [0.15, 0.2) is 42.6 Å². The van der Waals surface area contributed by atoms with Gasteiger partial charge in [0.05, 0.1) is 13.1 Å². The smallest absolute Gasteiger partial charge is 0.415 e. The largest absolute Gasteiger partial charge is 0.471 e. The van der Waals surface area contributed by atoms with Gasteiger partial charge in [0.1, 0.15) is 11.9 Å². The van der Waals surface area contributed by atoms with Crippen LogP contribution in [0.2, 0.25) is 0 Å². The summed E-state index contributed by atoms with van der Waals surface area (Å²) in [5, 5.41) is 8.85. The molecule has 0 aliphatic carbocycles. The second-order valence-electron chi connectivity index (χ2n) is 5.03. The molecule has 1 aliphatic heterocycles. The Bertz CT molecular complexity index is 672. The van der Waals surface area contributed by atoms with Gasteiger partial charge in [-0.2, -0.15) is 5.48 Å². The summed E-state index contributed by atoms with van der Waals surface area (Å²) in [7, 11) is 0. The topological polar surface area (TPSA) is 88.5 Å². The van der Waals surface area contributed by atoms with Crippen LogP contribution in [0.3, 0.4) is 0 Å². The number of carbonyl (C=O) groups excluding carboxylic acids is 1. The molecule has 120 valence electrons. The zero-order valence-electron chi connectivity index (χ0n) is 12.1. The molecule has 1 amide bonds. The number of benzene rings is 1. The summed E-state index contributed by atoms with van der Waals surface area (Å²) in [6, 6.07) is 10.3. The average molecular weight is 428 g/mol. The van der Waals surface area contributed by atoms with Crippen LogP contribution >= 0.6 is 22.6 Å². The predicted molar refractivity (Wildman–Crippen MR) is 88.8 cm³/mol. The quantitative estimate of drug-likeness (QED) is 0.438. The van der Waals surface area contributed by atoms with Crippen molar-refractivity contribution < 1.29 is 25.0 Å². The van der Waals surface area contributed by atoms with Crippen molar-refractivity contribution in [3.05, 3.63) is 46.2 Å². The monoisotopic (exact) mass is 428 g/mol. The maximum absolute atomic E-state index is 12.0. The number of ether oxygens (including phenoxy) is 2. The van der Waals surface area contributed by atoms with Gasteiger partial charge in [-0.05, 0) is 40.8 Å². The van der Waals surface area contributed by atoms with Crippen molar-refractivity contribution in [3.63, 3.8) is 0 Å². The van der Waals surface area contributed by atoms with Gasteiger partial charge >= 0.3 is 6.09 Å². The Hall–Kier alpha value is -1.91. The molecule has 1 fully saturated rings. The number of likely N-dealkylation sites (tertiary alicyclic amines) is 1. The third-order valence-electron chi connectivity index (χ3n) is 3.33. The van der Waals surface area contributed by atoms with E-state index in [1.54, 1.807) is 35.4 Å². The molecule has 1 aromatic carbocycles. The molecule has 2 aromatic rings. The highest BCUT2D eigenvalue weighted by Gasteiger charge is 2.34. The highest BCUT2D eigenvalue weighted by molar-refractivity contribution is 14.1. The van der Waals surface area contributed by atoms with E-state index in [1.807, 2.05) is 12.1 Å². The normalized spacial score (nSPS) is 14.3. The second-order valence-corrected chi connectivity index (χ2v) is 6.27. The number of quaternary nitrogens is 1. The maximum atomic E-state index is 12.0. The Morgan fingerprint density at radius 1 is 1.26 bits per heavy atom. The number of halogens is 1. The molecule has 23 heavy (non-hydrogen) atoms. The summed E-state index contributed by atoms with van der Waals surface area (Å²) in [5.41, 5.74) is 1.63. The lowest BCUT2D eigenvalue weighted by Gasteiger charge is -2.37. The summed E-state index contributed by atoms with van der Waals surface area (Å²) in [6.07, 6.45) is 1.25. The van der Waals surface area contributed by atoms with Gasteiger partial charge in [-0.1, -0.05) is 0 Å². The zero-order valence-corrected chi connectivity index (χ0v) is 14.2. The van der Waals surface area contributed by atoms with E-state index >= 15 is 0 Å². The van der Waals surface area contributed by atoms with Crippen molar-refractivity contribution in [3.8, 4) is 11.6 Å². The van der Waals surface area contributed by atoms with Gasteiger partial charge in [-0.3, -0.25) is 0 Å². The second kappa shape index (κ2) is 7.11. The molecule has 1 aromatic heterocycles. The van der Waals surface area contributed by atoms with Crippen molar-refractivity contribution >= 4 is 34.4 Å². The molecule has 0 atom stereocenters. The number of nitrogens with two attached hydrogens (primary N) is 1. The average Bonchev–Trinajstić information content (AvgIpc) is 2.53. The zero-order chi connectivity index (χ0) is 16.2. The van der Waals surface area contributed by atoms with Crippen molar-refractivity contribution in [2.24, 2.45) is 0 Å². The van der Waals surface area contributed by atoms with E-state index in [4.69, 9.17) is 14.7 Å². The van der Waals surface area contributed by atoms with E-state index in [2.05, 4.69) is 27.6 Å². The fourth-order valence-corrected chi connectivity index (χ4v) is 2.37. The fraction of sp³-hybridized carbons (Fsp3) is 0.200. The van der Waals surface area contributed by atoms with Crippen LogP contribution in [-0.2, 0) is 0 Å². The molecule has 1 saturated heterocycles. The molecule has 7 nitrogen and oxygen atoms in total. The number of pyridine rings is 1. The molecule has 3 rings (SSSR count). The molecule has 8 heteroatoms. The van der Waals surface area contributed by atoms with Crippen LogP contribution in [0.25, 0.3) is 0 Å². The third-order valence-corrected chi connectivity index (χ3v) is 3.97. The van der Waals surface area contributed by atoms with E-state index in [1.165, 1.54) is 0 Å². The molecule has 0 spiro atoms. The van der Waals surface area contributed by atoms with Gasteiger partial charge in [0.25, 0.3) is 0 Å². The van der Waals surface area contributed by atoms with E-state index in [9.17, 15) is 4.79 Å². The number of hydrogen-bond acceptors (Lipinski definition) is 5. The Morgan fingerprint density at radius 3 is 2.61 bits per heavy atom. The molecular weight excluding hydrogens is 413 g/mol. The van der Waals surface area contributed by atoms with Gasteiger partial charge in [0, 0.05) is 28.0 Å². The predicted octanol–water partition coefficient (Wildman–Crippen LogP) is 1.53. The molecule has 0 unspecified atom stereocenters. The van der Waals surface area contributed by atoms with E-state index < -0.39 is 6.09 Å². The molecular formula is C15H15IN3O4+. The summed E-state index contributed by atoms with van der Waals surface area (Å²) < 4.78 is 12.0. The first kappa shape index (κ1) is 16.0. The van der Waals surface area contributed by atoms with Crippen molar-refractivity contribution in [1.82, 2.24) is 9.88 Å². The van der Waals surface area contributed by atoms with Gasteiger partial charge in [-0.15, -0.1) is 0 Å². The molecule has 1 aliphatic rings. The highest BCUT2D eigenvalue weighted by atomic mass is 127. The van der Waals surface area contributed by atoms with Crippen molar-refractivity contribution in [2.45, 2.75) is 6.10 Å². The molecule has 0 bridgehead atoms. The van der Waals surface area contributed by atoms with E-state index in [-0.39, 0.29) is 6.10 Å². The minimum Gasteiger partial charge on any atom is -0.471 e. The first-order valence-corrected chi connectivity index (χ1v) is 8.04. The fourth-order valence-electron chi connectivity index (χ4n) is 2.05. The Morgan fingerprint density at radius 2 is 2.00 bits per heavy atom. The Labute approximate surface area is 146 Å². The molecule has 2 heterocycles. The Balaban J connectivity index is 1.46. The van der Waals surface area contributed by atoms with Gasteiger partial charge in [-0.25, -0.2) is 15.0 Å². The first-order chi connectivity index (χ1) is 11.1. The van der Waals surface area contributed by atoms with Crippen molar-refractivity contribution in [2.75, 3.05) is 13.1 Å². The lowest BCUT2D eigenvalue weighted by molar-refractivity contribution is -0.825. The van der Waals surface area contributed by atoms with E-state index in [0.29, 0.717) is 30.4 Å². The number of rotatable bonds is 4. The summed E-state index contributed by atoms with van der Waals surface area (Å²) >= 11 is 2.18. The summed E-state index contributed by atoms with van der Waals surface area (Å²) in [4.78, 5) is 17.7. The van der Waals surface area contributed by atoms with Crippen LogP contribution in [0.5, 0.6) is 11.6 Å². The minimum atomic E-state index is -0.416. The van der Waals surface area contributed by atoms with Crippen molar-refractivity contribution in [1.29, 1.82) is 0 Å². The van der Waals surface area contributed by atoms with Crippen LogP contribution in [0, 0.1) is 3.57 Å². The number of amides is 1. The maximum Gasteiger partial charge on any atom is 0.415 e. The Kier molecular flexibility index (Phi) is 4.94. The lowest BCUT2D eigenvalue weighted by atomic mass is 10.2. The van der Waals surface area contributed by atoms with Gasteiger partial charge < -0.3 is 14.4 Å². The van der Waals surface area contributed by atoms with Crippen LogP contribution < -0.4 is 15.0 Å². The van der Waals surface area contributed by atoms with Crippen LogP contribution in [-0.4, -0.2) is 40.4 Å².